The largest absolute Gasteiger partial charge is 0.0651 e. The average Bonchev–Trinajstić information content (AvgIpc) is 2.77. The molecule has 0 bridgehead atoms. The van der Waals surface area contributed by atoms with Crippen molar-refractivity contribution in [3.8, 4) is 11.1 Å². The molecule has 2 aromatic carbocycles. The van der Waals surface area contributed by atoms with Gasteiger partial charge in [-0.05, 0) is 58.7 Å². The molecule has 0 unspecified atom stereocenters. The van der Waals surface area contributed by atoms with Crippen LogP contribution in [0.4, 0.5) is 0 Å². The van der Waals surface area contributed by atoms with E-state index >= 15 is 0 Å². The molecule has 0 aliphatic heterocycles. The molecule has 0 saturated heterocycles. The molecule has 97 valence electrons. The zero-order chi connectivity index (χ0) is 13.2. The first-order valence-electron chi connectivity index (χ1n) is 7.47. The van der Waals surface area contributed by atoms with Crippen LogP contribution in [-0.4, -0.2) is 0 Å². The minimum absolute atomic E-state index is 1.06. The lowest BCUT2D eigenvalue weighted by Crippen LogP contribution is -1.87. The first kappa shape index (κ1) is 12.5. The molecule has 0 fully saturated rings. The van der Waals surface area contributed by atoms with Gasteiger partial charge < -0.3 is 0 Å². The van der Waals surface area contributed by atoms with Crippen LogP contribution in [0.15, 0.2) is 30.3 Å². The SMILES string of the molecule is CCCc1c[c]c2c(c1)-c1cc(CCC)ccc1C2. The van der Waals surface area contributed by atoms with Gasteiger partial charge in [0.15, 0.2) is 0 Å². The van der Waals surface area contributed by atoms with Gasteiger partial charge in [0.05, 0.1) is 0 Å². The molecule has 0 saturated carbocycles. The van der Waals surface area contributed by atoms with Crippen molar-refractivity contribution in [3.05, 3.63) is 58.7 Å². The van der Waals surface area contributed by atoms with Gasteiger partial charge >= 0.3 is 0 Å². The average molecular weight is 249 g/mol. The molecule has 0 aromatic heterocycles. The van der Waals surface area contributed by atoms with Crippen molar-refractivity contribution >= 4 is 0 Å². The number of hydrogen-bond donors (Lipinski definition) is 0. The molecular formula is C19H21. The Bertz CT molecular complexity index is 539. The molecule has 1 aliphatic rings. The zero-order valence-corrected chi connectivity index (χ0v) is 11.9. The normalized spacial score (nSPS) is 12.3. The zero-order valence-electron chi connectivity index (χ0n) is 11.9. The van der Waals surface area contributed by atoms with Gasteiger partial charge in [-0.2, -0.15) is 0 Å². The Balaban J connectivity index is 2.03. The summed E-state index contributed by atoms with van der Waals surface area (Å²) in [5.41, 5.74) is 8.63. The van der Waals surface area contributed by atoms with E-state index in [0.717, 1.165) is 12.8 Å². The van der Waals surface area contributed by atoms with Gasteiger partial charge in [-0.15, -0.1) is 0 Å². The van der Waals surface area contributed by atoms with Crippen molar-refractivity contribution in [2.24, 2.45) is 0 Å². The maximum absolute atomic E-state index is 3.50. The summed E-state index contributed by atoms with van der Waals surface area (Å²) in [5.74, 6) is 0. The predicted octanol–water partition coefficient (Wildman–Crippen LogP) is 4.96. The van der Waals surface area contributed by atoms with Crippen LogP contribution in [0.5, 0.6) is 0 Å². The van der Waals surface area contributed by atoms with Crippen LogP contribution in [0.25, 0.3) is 11.1 Å². The van der Waals surface area contributed by atoms with E-state index < -0.39 is 0 Å². The summed E-state index contributed by atoms with van der Waals surface area (Å²) < 4.78 is 0. The Hall–Kier alpha value is -1.56. The number of fused-ring (bicyclic) bond motifs is 3. The van der Waals surface area contributed by atoms with Crippen LogP contribution < -0.4 is 0 Å². The second-order valence-electron chi connectivity index (χ2n) is 5.57. The molecule has 19 heavy (non-hydrogen) atoms. The van der Waals surface area contributed by atoms with Crippen molar-refractivity contribution in [2.45, 2.75) is 46.0 Å². The molecule has 3 rings (SSSR count). The van der Waals surface area contributed by atoms with Crippen molar-refractivity contribution in [1.29, 1.82) is 0 Å². The van der Waals surface area contributed by atoms with Crippen LogP contribution in [0.1, 0.15) is 48.9 Å². The lowest BCUT2D eigenvalue weighted by atomic mass is 9.98. The summed E-state index contributed by atoms with van der Waals surface area (Å²) in [6.45, 7) is 4.48. The van der Waals surface area contributed by atoms with E-state index in [4.69, 9.17) is 0 Å². The standard InChI is InChI=1S/C19H21/c1-3-5-14-7-9-16-13-17-10-8-15(6-4-2)12-19(17)18(16)11-14/h7-9,11-12H,3-6,13H2,1-2H3. The third kappa shape index (κ3) is 2.32. The fraction of sp³-hybridized carbons (Fsp3) is 0.368. The molecule has 0 spiro atoms. The Morgan fingerprint density at radius 1 is 0.947 bits per heavy atom. The fourth-order valence-corrected chi connectivity index (χ4v) is 3.05. The third-order valence-electron chi connectivity index (χ3n) is 4.00. The number of benzene rings is 2. The Morgan fingerprint density at radius 3 is 2.47 bits per heavy atom. The highest BCUT2D eigenvalue weighted by Gasteiger charge is 2.18. The van der Waals surface area contributed by atoms with Gasteiger partial charge in [-0.25, -0.2) is 0 Å². The van der Waals surface area contributed by atoms with Gasteiger partial charge in [0, 0.05) is 0 Å². The second-order valence-corrected chi connectivity index (χ2v) is 5.57. The lowest BCUT2D eigenvalue weighted by Gasteiger charge is -2.06. The molecule has 0 N–H and O–H groups in total. The van der Waals surface area contributed by atoms with Crippen molar-refractivity contribution in [2.75, 3.05) is 0 Å². The molecule has 0 heterocycles. The molecule has 0 amide bonds. The summed E-state index contributed by atoms with van der Waals surface area (Å²) in [7, 11) is 0. The minimum atomic E-state index is 1.06. The van der Waals surface area contributed by atoms with Crippen LogP contribution >= 0.6 is 0 Å². The van der Waals surface area contributed by atoms with Gasteiger partial charge in [-0.3, -0.25) is 0 Å². The third-order valence-corrected chi connectivity index (χ3v) is 4.00. The Morgan fingerprint density at radius 2 is 1.68 bits per heavy atom. The summed E-state index contributed by atoms with van der Waals surface area (Å²) in [6, 6.07) is 15.1. The van der Waals surface area contributed by atoms with Crippen molar-refractivity contribution in [1.82, 2.24) is 0 Å². The van der Waals surface area contributed by atoms with E-state index in [0.29, 0.717) is 0 Å². The first-order valence-corrected chi connectivity index (χ1v) is 7.47. The molecule has 0 heteroatoms. The highest BCUT2D eigenvalue weighted by Crippen LogP contribution is 2.37. The number of aryl methyl sites for hydroxylation is 2. The summed E-state index contributed by atoms with van der Waals surface area (Å²) in [5, 5.41) is 0. The van der Waals surface area contributed by atoms with E-state index in [1.54, 1.807) is 0 Å². The van der Waals surface area contributed by atoms with E-state index in [2.05, 4.69) is 50.2 Å². The Kier molecular flexibility index (Phi) is 3.42. The topological polar surface area (TPSA) is 0 Å². The smallest absolute Gasteiger partial charge is 0.000728 e. The van der Waals surface area contributed by atoms with Gasteiger partial charge in [0.25, 0.3) is 0 Å². The van der Waals surface area contributed by atoms with Crippen LogP contribution in [0, 0.1) is 6.07 Å². The van der Waals surface area contributed by atoms with Crippen molar-refractivity contribution < 1.29 is 0 Å². The fourth-order valence-electron chi connectivity index (χ4n) is 3.05. The summed E-state index contributed by atoms with van der Waals surface area (Å²) in [6.07, 6.45) is 5.82. The second kappa shape index (κ2) is 5.21. The van der Waals surface area contributed by atoms with E-state index in [-0.39, 0.29) is 0 Å². The van der Waals surface area contributed by atoms with E-state index in [1.807, 2.05) is 0 Å². The number of rotatable bonds is 4. The highest BCUT2D eigenvalue weighted by molar-refractivity contribution is 5.77. The summed E-state index contributed by atoms with van der Waals surface area (Å²) in [4.78, 5) is 0. The van der Waals surface area contributed by atoms with Crippen LogP contribution in [-0.2, 0) is 19.3 Å². The highest BCUT2D eigenvalue weighted by atomic mass is 14.2. The number of hydrogen-bond acceptors (Lipinski definition) is 0. The predicted molar refractivity (Wildman–Crippen MR) is 81.5 cm³/mol. The van der Waals surface area contributed by atoms with Gasteiger partial charge in [0.2, 0.25) is 0 Å². The molecule has 0 atom stereocenters. The van der Waals surface area contributed by atoms with E-state index in [9.17, 15) is 0 Å². The molecule has 2 aromatic rings. The quantitative estimate of drug-likeness (QED) is 0.613. The summed E-state index contributed by atoms with van der Waals surface area (Å²) >= 11 is 0. The minimum Gasteiger partial charge on any atom is -0.0651 e. The molecular weight excluding hydrogens is 228 g/mol. The maximum atomic E-state index is 3.50. The maximum Gasteiger partial charge on any atom is -0.000728 e. The van der Waals surface area contributed by atoms with Crippen molar-refractivity contribution in [3.63, 3.8) is 0 Å². The first-order chi connectivity index (χ1) is 9.31. The molecule has 1 radical (unpaired) electrons. The van der Waals surface area contributed by atoms with Crippen LogP contribution in [0.3, 0.4) is 0 Å². The van der Waals surface area contributed by atoms with Crippen LogP contribution in [0.2, 0.25) is 0 Å². The lowest BCUT2D eigenvalue weighted by molar-refractivity contribution is 0.920. The van der Waals surface area contributed by atoms with E-state index in [1.165, 1.54) is 52.6 Å². The van der Waals surface area contributed by atoms with Gasteiger partial charge in [0.1, 0.15) is 0 Å². The molecule has 0 nitrogen and oxygen atoms in total. The Labute approximate surface area is 116 Å². The monoisotopic (exact) mass is 249 g/mol. The molecule has 1 aliphatic carbocycles. The van der Waals surface area contributed by atoms with Gasteiger partial charge in [-0.1, -0.05) is 57.0 Å².